The molecule has 0 saturated carbocycles. The molecule has 1 aliphatic rings. The maximum Gasteiger partial charge on any atom is 0.471 e. The third kappa shape index (κ3) is 9.56. The standard InChI is InChI=1S/C32H41F4N3O6/c1-8-14-37-17-21-15-22-23(39(21)29(42)45-31(5,6)7)16-24(43-19-20-12-10-9-11-13-20)27(26(22)33)38(28(41)32(34,35)36)18-25(40)44-30(2,3)4/h9-13,16,21,37H,8,14-15,17-19H2,1-7H3/t21-/m1/s1. The van der Waals surface area contributed by atoms with Gasteiger partial charge in [0, 0.05) is 18.2 Å². The van der Waals surface area contributed by atoms with E-state index in [0.717, 1.165) is 6.42 Å². The van der Waals surface area contributed by atoms with Crippen LogP contribution < -0.4 is 19.9 Å². The fourth-order valence-corrected chi connectivity index (χ4v) is 4.75. The second kappa shape index (κ2) is 14.1. The third-order valence-electron chi connectivity index (χ3n) is 6.45. The van der Waals surface area contributed by atoms with Gasteiger partial charge in [0.1, 0.15) is 35.8 Å². The van der Waals surface area contributed by atoms with Gasteiger partial charge < -0.3 is 19.5 Å². The third-order valence-corrected chi connectivity index (χ3v) is 6.45. The SMILES string of the molecule is CCCNC[C@H]1Cc2c(cc(OCc3ccccc3)c(N(CC(=O)OC(C)(C)C)C(=O)C(F)(F)F)c2F)N1C(=O)OC(C)(C)C. The van der Waals surface area contributed by atoms with E-state index >= 15 is 4.39 Å². The first-order valence-corrected chi connectivity index (χ1v) is 14.7. The highest BCUT2D eigenvalue weighted by Gasteiger charge is 2.47. The number of alkyl halides is 3. The van der Waals surface area contributed by atoms with Crippen molar-refractivity contribution in [3.05, 3.63) is 53.3 Å². The van der Waals surface area contributed by atoms with Crippen LogP contribution in [0.25, 0.3) is 0 Å². The molecule has 1 heterocycles. The lowest BCUT2D eigenvalue weighted by Gasteiger charge is -2.30. The van der Waals surface area contributed by atoms with E-state index < -0.39 is 65.2 Å². The molecule has 0 aliphatic carbocycles. The van der Waals surface area contributed by atoms with Crippen LogP contribution in [0.3, 0.4) is 0 Å². The van der Waals surface area contributed by atoms with Gasteiger partial charge in [-0.3, -0.25) is 19.4 Å². The van der Waals surface area contributed by atoms with Gasteiger partial charge in [0.15, 0.2) is 5.82 Å². The van der Waals surface area contributed by atoms with Crippen LogP contribution in [0.15, 0.2) is 36.4 Å². The molecule has 1 aliphatic heterocycles. The summed E-state index contributed by atoms with van der Waals surface area (Å²) >= 11 is 0. The number of amides is 2. The molecule has 0 aromatic heterocycles. The van der Waals surface area contributed by atoms with Crippen molar-refractivity contribution < 1.29 is 46.2 Å². The van der Waals surface area contributed by atoms with Gasteiger partial charge in [0.05, 0.1) is 11.7 Å². The van der Waals surface area contributed by atoms with Crippen molar-refractivity contribution in [1.29, 1.82) is 0 Å². The zero-order valence-corrected chi connectivity index (χ0v) is 26.6. The number of esters is 1. The monoisotopic (exact) mass is 639 g/mol. The molecule has 1 atom stereocenters. The number of benzene rings is 2. The Kier molecular flexibility index (Phi) is 11.1. The van der Waals surface area contributed by atoms with Crippen LogP contribution in [0.2, 0.25) is 0 Å². The van der Waals surface area contributed by atoms with Crippen LogP contribution in [0, 0.1) is 5.82 Å². The van der Waals surface area contributed by atoms with Crippen molar-refractivity contribution >= 4 is 29.3 Å². The summed E-state index contributed by atoms with van der Waals surface area (Å²) in [5, 5.41) is 3.19. The minimum atomic E-state index is -5.47. The topological polar surface area (TPSA) is 97.4 Å². The molecule has 3 rings (SSSR count). The van der Waals surface area contributed by atoms with Crippen LogP contribution in [-0.4, -0.2) is 61.0 Å². The molecule has 2 aromatic carbocycles. The summed E-state index contributed by atoms with van der Waals surface area (Å²) in [5.41, 5.74) is -2.40. The number of carbonyl (C=O) groups excluding carboxylic acids is 3. The Morgan fingerprint density at radius 2 is 1.62 bits per heavy atom. The lowest BCUT2D eigenvalue weighted by molar-refractivity contribution is -0.171. The predicted octanol–water partition coefficient (Wildman–Crippen LogP) is 6.31. The van der Waals surface area contributed by atoms with Crippen LogP contribution in [0.1, 0.15) is 66.0 Å². The number of anilines is 2. The zero-order valence-electron chi connectivity index (χ0n) is 26.6. The Bertz CT molecular complexity index is 1370. The number of hydrogen-bond donors (Lipinski definition) is 1. The van der Waals surface area contributed by atoms with E-state index in [4.69, 9.17) is 14.2 Å². The zero-order chi connectivity index (χ0) is 33.7. The number of rotatable bonds is 10. The lowest BCUT2D eigenvalue weighted by Crippen LogP contribution is -2.46. The average molecular weight is 640 g/mol. The molecular weight excluding hydrogens is 598 g/mol. The Balaban J connectivity index is 2.23. The number of nitrogens with zero attached hydrogens (tertiary/aromatic N) is 2. The van der Waals surface area contributed by atoms with Gasteiger partial charge in [-0.25, -0.2) is 9.18 Å². The fraction of sp³-hybridized carbons (Fsp3) is 0.531. The molecule has 0 spiro atoms. The molecule has 2 amide bonds. The molecule has 0 bridgehead atoms. The summed E-state index contributed by atoms with van der Waals surface area (Å²) in [6.45, 7) is 10.8. The van der Waals surface area contributed by atoms with Gasteiger partial charge in [-0.15, -0.1) is 0 Å². The number of nitrogens with one attached hydrogen (secondary N) is 1. The van der Waals surface area contributed by atoms with E-state index in [2.05, 4.69) is 5.32 Å². The number of halogens is 4. The van der Waals surface area contributed by atoms with Crippen LogP contribution in [0.4, 0.5) is 33.7 Å². The molecule has 0 unspecified atom stereocenters. The minimum Gasteiger partial charge on any atom is -0.487 e. The van der Waals surface area contributed by atoms with Gasteiger partial charge in [-0.1, -0.05) is 37.3 Å². The normalized spacial score (nSPS) is 15.0. The van der Waals surface area contributed by atoms with Gasteiger partial charge in [0.2, 0.25) is 0 Å². The van der Waals surface area contributed by atoms with Crippen LogP contribution >= 0.6 is 0 Å². The summed E-state index contributed by atoms with van der Waals surface area (Å²) in [6, 6.07) is 9.08. The van der Waals surface area contributed by atoms with Gasteiger partial charge in [0.25, 0.3) is 0 Å². The van der Waals surface area contributed by atoms with Gasteiger partial charge >= 0.3 is 24.1 Å². The average Bonchev–Trinajstić information content (AvgIpc) is 3.27. The highest BCUT2D eigenvalue weighted by Crippen LogP contribution is 2.45. The first-order chi connectivity index (χ1) is 20.8. The molecule has 45 heavy (non-hydrogen) atoms. The fourth-order valence-electron chi connectivity index (χ4n) is 4.75. The van der Waals surface area contributed by atoms with Gasteiger partial charge in [-0.2, -0.15) is 13.2 Å². The lowest BCUT2D eigenvalue weighted by atomic mass is 10.1. The van der Waals surface area contributed by atoms with Crippen molar-refractivity contribution in [2.45, 2.75) is 91.3 Å². The smallest absolute Gasteiger partial charge is 0.471 e. The van der Waals surface area contributed by atoms with Crippen molar-refractivity contribution in [3.8, 4) is 5.75 Å². The second-order valence-electron chi connectivity index (χ2n) is 12.7. The highest BCUT2D eigenvalue weighted by atomic mass is 19.4. The van der Waals surface area contributed by atoms with Gasteiger partial charge in [-0.05, 0) is 66.5 Å². The minimum absolute atomic E-state index is 0.00944. The summed E-state index contributed by atoms with van der Waals surface area (Å²) < 4.78 is 75.2. The van der Waals surface area contributed by atoms with E-state index in [1.54, 1.807) is 51.1 Å². The van der Waals surface area contributed by atoms with Crippen LogP contribution in [-0.2, 0) is 32.1 Å². The van der Waals surface area contributed by atoms with Crippen molar-refractivity contribution in [2.75, 3.05) is 29.4 Å². The number of fused-ring (bicyclic) bond motifs is 1. The van der Waals surface area contributed by atoms with Crippen LogP contribution in [0.5, 0.6) is 5.75 Å². The molecular formula is C32H41F4N3O6. The van der Waals surface area contributed by atoms with E-state index in [-0.39, 0.29) is 35.7 Å². The first-order valence-electron chi connectivity index (χ1n) is 14.7. The first kappa shape index (κ1) is 35.6. The highest BCUT2D eigenvalue weighted by molar-refractivity contribution is 6.03. The maximum atomic E-state index is 16.7. The Hall–Kier alpha value is -3.87. The second-order valence-corrected chi connectivity index (χ2v) is 12.7. The van der Waals surface area contributed by atoms with E-state index in [9.17, 15) is 27.6 Å². The summed E-state index contributed by atoms with van der Waals surface area (Å²) in [5.74, 6) is -5.39. The summed E-state index contributed by atoms with van der Waals surface area (Å²) in [6.07, 6.45) is -5.59. The molecule has 248 valence electrons. The Labute approximate surface area is 260 Å². The molecule has 0 saturated heterocycles. The number of hydrogen-bond acceptors (Lipinski definition) is 7. The molecule has 2 aromatic rings. The van der Waals surface area contributed by atoms with Crippen molar-refractivity contribution in [3.63, 3.8) is 0 Å². The molecule has 9 nitrogen and oxygen atoms in total. The maximum absolute atomic E-state index is 16.7. The van der Waals surface area contributed by atoms with E-state index in [1.165, 1.54) is 31.7 Å². The molecule has 0 radical (unpaired) electrons. The largest absolute Gasteiger partial charge is 0.487 e. The van der Waals surface area contributed by atoms with E-state index in [0.29, 0.717) is 12.1 Å². The van der Waals surface area contributed by atoms with Crippen molar-refractivity contribution in [1.82, 2.24) is 5.32 Å². The van der Waals surface area contributed by atoms with E-state index in [1.807, 2.05) is 6.92 Å². The summed E-state index contributed by atoms with van der Waals surface area (Å²) in [7, 11) is 0. The Morgan fingerprint density at radius 3 is 2.18 bits per heavy atom. The molecule has 13 heteroatoms. The Morgan fingerprint density at radius 1 is 1.00 bits per heavy atom. The quantitative estimate of drug-likeness (QED) is 0.185. The summed E-state index contributed by atoms with van der Waals surface area (Å²) in [4.78, 5) is 40.2. The number of carbonyl (C=O) groups is 3. The predicted molar refractivity (Wildman–Crippen MR) is 161 cm³/mol. The molecule has 1 N–H and O–H groups in total. The molecule has 0 fully saturated rings. The number of ether oxygens (including phenoxy) is 3. The van der Waals surface area contributed by atoms with Crippen molar-refractivity contribution in [2.24, 2.45) is 0 Å².